The summed E-state index contributed by atoms with van der Waals surface area (Å²) in [4.78, 5) is 12.0. The molecule has 0 spiro atoms. The van der Waals surface area contributed by atoms with Crippen LogP contribution in [0.15, 0.2) is 12.7 Å². The first-order chi connectivity index (χ1) is 7.13. The van der Waals surface area contributed by atoms with E-state index in [0.717, 1.165) is 6.42 Å². The number of fused-ring (bicyclic) bond motifs is 2. The van der Waals surface area contributed by atoms with Crippen molar-refractivity contribution in [2.24, 2.45) is 23.5 Å². The van der Waals surface area contributed by atoms with E-state index in [-0.39, 0.29) is 23.9 Å². The van der Waals surface area contributed by atoms with Gasteiger partial charge in [-0.15, -0.1) is 6.58 Å². The van der Waals surface area contributed by atoms with Crippen LogP contribution in [0.25, 0.3) is 0 Å². The molecule has 0 radical (unpaired) electrons. The number of carbonyl (C=O) groups is 1. The van der Waals surface area contributed by atoms with Crippen LogP contribution >= 0.6 is 0 Å². The maximum Gasteiger partial charge on any atom is 0.225 e. The Morgan fingerprint density at radius 2 is 2.20 bits per heavy atom. The van der Waals surface area contributed by atoms with Gasteiger partial charge in [-0.2, -0.15) is 0 Å². The van der Waals surface area contributed by atoms with Gasteiger partial charge >= 0.3 is 0 Å². The lowest BCUT2D eigenvalue weighted by molar-refractivity contribution is -0.127. The van der Waals surface area contributed by atoms with Gasteiger partial charge in [-0.1, -0.05) is 6.08 Å². The summed E-state index contributed by atoms with van der Waals surface area (Å²) in [5, 5.41) is 2.95. The maximum absolute atomic E-state index is 12.0. The highest BCUT2D eigenvalue weighted by Gasteiger charge is 2.49. The largest absolute Gasteiger partial charge is 0.350 e. The Kier molecular flexibility index (Phi) is 2.83. The van der Waals surface area contributed by atoms with Crippen molar-refractivity contribution in [3.8, 4) is 0 Å². The molecule has 3 N–H and O–H groups in total. The van der Waals surface area contributed by atoms with Crippen LogP contribution in [-0.2, 0) is 4.79 Å². The summed E-state index contributed by atoms with van der Waals surface area (Å²) in [7, 11) is 0. The molecule has 0 aromatic heterocycles. The van der Waals surface area contributed by atoms with Crippen molar-refractivity contribution in [1.29, 1.82) is 0 Å². The fourth-order valence-corrected chi connectivity index (χ4v) is 3.10. The van der Waals surface area contributed by atoms with Crippen molar-refractivity contribution >= 4 is 5.91 Å². The van der Waals surface area contributed by atoms with Gasteiger partial charge in [0.25, 0.3) is 0 Å². The molecule has 2 aliphatic rings. The second-order valence-corrected chi connectivity index (χ2v) is 4.97. The van der Waals surface area contributed by atoms with Crippen LogP contribution in [0.3, 0.4) is 0 Å². The zero-order valence-electron chi connectivity index (χ0n) is 9.28. The molecule has 0 aromatic rings. The Balaban J connectivity index is 1.99. The molecule has 0 saturated heterocycles. The van der Waals surface area contributed by atoms with E-state index in [1.54, 1.807) is 6.08 Å². The third-order valence-electron chi connectivity index (χ3n) is 4.01. The second-order valence-electron chi connectivity index (χ2n) is 4.97. The normalized spacial score (nSPS) is 40.1. The summed E-state index contributed by atoms with van der Waals surface area (Å²) >= 11 is 0. The number of carbonyl (C=O) groups excluding carboxylic acids is 1. The summed E-state index contributed by atoms with van der Waals surface area (Å²) in [5.41, 5.74) is 6.10. The molecule has 3 nitrogen and oxygen atoms in total. The van der Waals surface area contributed by atoms with E-state index < -0.39 is 0 Å². The van der Waals surface area contributed by atoms with E-state index in [1.807, 2.05) is 6.92 Å². The van der Waals surface area contributed by atoms with Crippen molar-refractivity contribution in [1.82, 2.24) is 5.32 Å². The van der Waals surface area contributed by atoms with E-state index in [1.165, 1.54) is 12.8 Å². The number of nitrogens with two attached hydrogens (primary N) is 1. The molecule has 15 heavy (non-hydrogen) atoms. The molecule has 2 saturated carbocycles. The predicted molar refractivity (Wildman–Crippen MR) is 60.1 cm³/mol. The zero-order chi connectivity index (χ0) is 11.0. The number of amides is 1. The molecule has 2 rings (SSSR count). The van der Waals surface area contributed by atoms with Gasteiger partial charge in [-0.3, -0.25) is 4.79 Å². The lowest BCUT2D eigenvalue weighted by Gasteiger charge is -2.27. The molecule has 0 aromatic carbocycles. The van der Waals surface area contributed by atoms with Crippen LogP contribution in [0.1, 0.15) is 26.2 Å². The second kappa shape index (κ2) is 3.97. The summed E-state index contributed by atoms with van der Waals surface area (Å²) < 4.78 is 0. The Bertz CT molecular complexity index is 275. The van der Waals surface area contributed by atoms with E-state index in [2.05, 4.69) is 11.9 Å². The van der Waals surface area contributed by atoms with Gasteiger partial charge in [-0.05, 0) is 38.0 Å². The number of hydrogen-bond acceptors (Lipinski definition) is 2. The minimum Gasteiger partial charge on any atom is -0.350 e. The van der Waals surface area contributed by atoms with Gasteiger partial charge < -0.3 is 11.1 Å². The van der Waals surface area contributed by atoms with Crippen molar-refractivity contribution in [3.63, 3.8) is 0 Å². The monoisotopic (exact) mass is 208 g/mol. The van der Waals surface area contributed by atoms with E-state index in [4.69, 9.17) is 5.73 Å². The average molecular weight is 208 g/mol. The van der Waals surface area contributed by atoms with Gasteiger partial charge in [-0.25, -0.2) is 0 Å². The van der Waals surface area contributed by atoms with Gasteiger partial charge in [0, 0.05) is 12.1 Å². The third kappa shape index (κ3) is 1.81. The van der Waals surface area contributed by atoms with Crippen LogP contribution in [0.2, 0.25) is 0 Å². The summed E-state index contributed by atoms with van der Waals surface area (Å²) in [6, 6.07) is 0.129. The van der Waals surface area contributed by atoms with E-state index >= 15 is 0 Å². The summed E-state index contributed by atoms with van der Waals surface area (Å²) in [6.45, 7) is 5.60. The SMILES string of the molecule is C=CC(C)NC(=O)C1C2CCC(C2)C1N. The Morgan fingerprint density at radius 1 is 1.53 bits per heavy atom. The molecule has 0 aliphatic heterocycles. The van der Waals surface area contributed by atoms with Crippen LogP contribution in [0, 0.1) is 17.8 Å². The van der Waals surface area contributed by atoms with Crippen LogP contribution in [-0.4, -0.2) is 18.0 Å². The first kappa shape index (κ1) is 10.7. The van der Waals surface area contributed by atoms with Gasteiger partial charge in [0.1, 0.15) is 0 Å². The molecule has 2 bridgehead atoms. The molecular formula is C12H20N2O. The Hall–Kier alpha value is -0.830. The van der Waals surface area contributed by atoms with Gasteiger partial charge in [0.15, 0.2) is 0 Å². The summed E-state index contributed by atoms with van der Waals surface area (Å²) in [5.74, 6) is 1.29. The van der Waals surface area contributed by atoms with Crippen molar-refractivity contribution < 1.29 is 4.79 Å². The molecule has 2 fully saturated rings. The maximum atomic E-state index is 12.0. The highest BCUT2D eigenvalue weighted by Crippen LogP contribution is 2.47. The fraction of sp³-hybridized carbons (Fsp3) is 0.750. The Morgan fingerprint density at radius 3 is 2.73 bits per heavy atom. The van der Waals surface area contributed by atoms with Crippen molar-refractivity contribution in [2.75, 3.05) is 0 Å². The average Bonchev–Trinajstić information content (AvgIpc) is 2.77. The molecule has 84 valence electrons. The lowest BCUT2D eigenvalue weighted by atomic mass is 9.84. The number of nitrogens with one attached hydrogen (secondary N) is 1. The minimum absolute atomic E-state index is 0.0452. The van der Waals surface area contributed by atoms with Gasteiger partial charge in [0.05, 0.1) is 5.92 Å². The minimum atomic E-state index is 0.0452. The molecule has 0 heterocycles. The molecule has 3 heteroatoms. The van der Waals surface area contributed by atoms with Crippen LogP contribution in [0.4, 0.5) is 0 Å². The molecule has 5 atom stereocenters. The highest BCUT2D eigenvalue weighted by molar-refractivity contribution is 5.80. The molecule has 5 unspecified atom stereocenters. The smallest absolute Gasteiger partial charge is 0.225 e. The first-order valence-electron chi connectivity index (χ1n) is 5.82. The van der Waals surface area contributed by atoms with Crippen LogP contribution in [0.5, 0.6) is 0 Å². The topological polar surface area (TPSA) is 55.1 Å². The standard InChI is InChI=1S/C12H20N2O/c1-3-7(2)14-12(15)10-8-4-5-9(6-8)11(10)13/h3,7-11H,1,4-6,13H2,2H3,(H,14,15). The fourth-order valence-electron chi connectivity index (χ4n) is 3.10. The van der Waals surface area contributed by atoms with Crippen molar-refractivity contribution in [3.05, 3.63) is 12.7 Å². The quantitative estimate of drug-likeness (QED) is 0.681. The molecule has 1 amide bonds. The van der Waals surface area contributed by atoms with E-state index in [0.29, 0.717) is 11.8 Å². The third-order valence-corrected chi connectivity index (χ3v) is 4.01. The lowest BCUT2D eigenvalue weighted by Crippen LogP contribution is -2.47. The Labute approximate surface area is 91.1 Å². The highest BCUT2D eigenvalue weighted by atomic mass is 16.2. The molecule has 2 aliphatic carbocycles. The zero-order valence-corrected chi connectivity index (χ0v) is 9.28. The van der Waals surface area contributed by atoms with Gasteiger partial charge in [0.2, 0.25) is 5.91 Å². The number of rotatable bonds is 3. The summed E-state index contributed by atoms with van der Waals surface area (Å²) in [6.07, 6.45) is 5.30. The number of hydrogen-bond donors (Lipinski definition) is 2. The predicted octanol–water partition coefficient (Wildman–Crippen LogP) is 1.05. The van der Waals surface area contributed by atoms with E-state index in [9.17, 15) is 4.79 Å². The van der Waals surface area contributed by atoms with Crippen LogP contribution < -0.4 is 11.1 Å². The molecular weight excluding hydrogens is 188 g/mol. The first-order valence-corrected chi connectivity index (χ1v) is 5.82. The van der Waals surface area contributed by atoms with Crippen molar-refractivity contribution in [2.45, 2.75) is 38.3 Å².